The first kappa shape index (κ1) is 20.5. The van der Waals surface area contributed by atoms with Crippen molar-refractivity contribution in [2.45, 2.75) is 0 Å². The molecule has 0 atom stereocenters. The maximum absolute atomic E-state index is 12.0. The summed E-state index contributed by atoms with van der Waals surface area (Å²) in [6, 6.07) is 17.3. The van der Waals surface area contributed by atoms with Gasteiger partial charge in [-0.15, -0.1) is 0 Å². The quantitative estimate of drug-likeness (QED) is 0.575. The van der Waals surface area contributed by atoms with Crippen LogP contribution in [0.1, 0.15) is 10.4 Å². The number of nitrogens with one attached hydrogen (secondary N) is 2. The van der Waals surface area contributed by atoms with Crippen LogP contribution in [0.2, 0.25) is 0 Å². The molecule has 8 heteroatoms. The summed E-state index contributed by atoms with van der Waals surface area (Å²) in [6.07, 6.45) is 1.71. The third kappa shape index (κ3) is 5.23. The van der Waals surface area contributed by atoms with Crippen molar-refractivity contribution in [2.24, 2.45) is 4.99 Å². The Balaban J connectivity index is 1.43. The summed E-state index contributed by atoms with van der Waals surface area (Å²) in [4.78, 5) is 26.8. The standard InChI is InChI=1S/C23H24N6O2/c1-24-16-26-22(30)18-4-2-17(3-5-18)21-10-11-25-23(28-21)27-19-6-8-20(9-7-19)29-12-14-31-15-13-29/h2-11H,1,12-16H2,(H,26,30)(H,25,27,28). The first-order valence-electron chi connectivity index (χ1n) is 10.1. The minimum atomic E-state index is -0.190. The maximum Gasteiger partial charge on any atom is 0.252 e. The molecule has 0 spiro atoms. The Hall–Kier alpha value is -3.78. The second kappa shape index (κ2) is 9.82. The molecule has 1 aliphatic rings. The molecule has 0 saturated carbocycles. The van der Waals surface area contributed by atoms with Crippen LogP contribution in [0.15, 0.2) is 65.8 Å². The predicted octanol–water partition coefficient (Wildman–Crippen LogP) is 3.11. The number of carbonyl (C=O) groups excluding carboxylic acids is 1. The highest BCUT2D eigenvalue weighted by Crippen LogP contribution is 2.23. The molecule has 1 aliphatic heterocycles. The lowest BCUT2D eigenvalue weighted by atomic mass is 10.1. The lowest BCUT2D eigenvalue weighted by molar-refractivity contribution is 0.0955. The molecule has 8 nitrogen and oxygen atoms in total. The van der Waals surface area contributed by atoms with Crippen molar-refractivity contribution >= 4 is 29.9 Å². The van der Waals surface area contributed by atoms with Gasteiger partial charge in [0, 0.05) is 41.8 Å². The van der Waals surface area contributed by atoms with Crippen molar-refractivity contribution < 1.29 is 9.53 Å². The third-order valence-corrected chi connectivity index (χ3v) is 4.95. The van der Waals surface area contributed by atoms with E-state index in [0.717, 1.165) is 43.2 Å². The van der Waals surface area contributed by atoms with E-state index in [1.54, 1.807) is 18.3 Å². The Morgan fingerprint density at radius 3 is 2.52 bits per heavy atom. The molecule has 0 unspecified atom stereocenters. The molecule has 1 saturated heterocycles. The number of benzene rings is 2. The van der Waals surface area contributed by atoms with Gasteiger partial charge >= 0.3 is 0 Å². The summed E-state index contributed by atoms with van der Waals surface area (Å²) in [7, 11) is 0. The number of hydrogen-bond acceptors (Lipinski definition) is 7. The average Bonchev–Trinajstić information content (AvgIpc) is 2.84. The molecule has 31 heavy (non-hydrogen) atoms. The number of morpholine rings is 1. The number of amides is 1. The minimum Gasteiger partial charge on any atom is -0.378 e. The van der Waals surface area contributed by atoms with Crippen LogP contribution in [0, 0.1) is 0 Å². The van der Waals surface area contributed by atoms with Crippen molar-refractivity contribution in [1.82, 2.24) is 15.3 Å². The van der Waals surface area contributed by atoms with Gasteiger partial charge in [-0.1, -0.05) is 12.1 Å². The Morgan fingerprint density at radius 2 is 1.81 bits per heavy atom. The van der Waals surface area contributed by atoms with Crippen LogP contribution in [0.5, 0.6) is 0 Å². The molecule has 1 aromatic heterocycles. The average molecular weight is 416 g/mol. The van der Waals surface area contributed by atoms with Crippen LogP contribution in [-0.4, -0.2) is 55.6 Å². The van der Waals surface area contributed by atoms with Gasteiger partial charge in [0.2, 0.25) is 5.95 Å². The van der Waals surface area contributed by atoms with Gasteiger partial charge in [0.05, 0.1) is 18.9 Å². The summed E-state index contributed by atoms with van der Waals surface area (Å²) in [5.74, 6) is 0.319. The first-order valence-corrected chi connectivity index (χ1v) is 10.1. The zero-order chi connectivity index (χ0) is 21.5. The van der Waals surface area contributed by atoms with Crippen molar-refractivity contribution in [3.8, 4) is 11.3 Å². The number of aliphatic imine (C=N–C) groups is 1. The lowest BCUT2D eigenvalue weighted by Gasteiger charge is -2.28. The van der Waals surface area contributed by atoms with Crippen LogP contribution in [0.25, 0.3) is 11.3 Å². The van der Waals surface area contributed by atoms with Crippen LogP contribution >= 0.6 is 0 Å². The first-order chi connectivity index (χ1) is 15.2. The maximum atomic E-state index is 12.0. The molecule has 1 fully saturated rings. The molecule has 1 amide bonds. The second-order valence-electron chi connectivity index (χ2n) is 7.00. The minimum absolute atomic E-state index is 0.189. The number of ether oxygens (including phenoxy) is 1. The smallest absolute Gasteiger partial charge is 0.252 e. The molecular weight excluding hydrogens is 392 g/mol. The van der Waals surface area contributed by atoms with E-state index in [9.17, 15) is 4.79 Å². The van der Waals surface area contributed by atoms with E-state index in [1.807, 2.05) is 30.3 Å². The third-order valence-electron chi connectivity index (χ3n) is 4.95. The van der Waals surface area contributed by atoms with Crippen molar-refractivity contribution in [1.29, 1.82) is 0 Å². The molecule has 158 valence electrons. The molecule has 4 rings (SSSR count). The summed E-state index contributed by atoms with van der Waals surface area (Å²) >= 11 is 0. The summed E-state index contributed by atoms with van der Waals surface area (Å²) < 4.78 is 5.41. The molecule has 2 heterocycles. The van der Waals surface area contributed by atoms with Gasteiger partial charge in [-0.3, -0.25) is 9.79 Å². The second-order valence-corrected chi connectivity index (χ2v) is 7.00. The Labute approximate surface area is 181 Å². The molecule has 0 aliphatic carbocycles. The predicted molar refractivity (Wildman–Crippen MR) is 122 cm³/mol. The van der Waals surface area contributed by atoms with Gasteiger partial charge in [0.25, 0.3) is 5.91 Å². The fourth-order valence-electron chi connectivity index (χ4n) is 3.31. The molecule has 0 bridgehead atoms. The number of nitrogens with zero attached hydrogens (tertiary/aromatic N) is 4. The van der Waals surface area contributed by atoms with Crippen molar-refractivity contribution in [3.63, 3.8) is 0 Å². The van der Waals surface area contributed by atoms with E-state index < -0.39 is 0 Å². The molecule has 3 aromatic rings. The van der Waals surface area contributed by atoms with E-state index in [-0.39, 0.29) is 12.6 Å². The van der Waals surface area contributed by atoms with Crippen LogP contribution in [0.4, 0.5) is 17.3 Å². The Bertz CT molecular complexity index is 1030. The lowest BCUT2D eigenvalue weighted by Crippen LogP contribution is -2.36. The molecular formula is C23H24N6O2. The summed E-state index contributed by atoms with van der Waals surface area (Å²) in [5, 5.41) is 5.91. The largest absolute Gasteiger partial charge is 0.378 e. The fourth-order valence-corrected chi connectivity index (χ4v) is 3.31. The van der Waals surface area contributed by atoms with E-state index in [0.29, 0.717) is 11.5 Å². The van der Waals surface area contributed by atoms with Gasteiger partial charge in [-0.25, -0.2) is 9.97 Å². The van der Waals surface area contributed by atoms with E-state index in [4.69, 9.17) is 4.74 Å². The highest BCUT2D eigenvalue weighted by molar-refractivity contribution is 5.94. The monoisotopic (exact) mass is 416 g/mol. The summed E-state index contributed by atoms with van der Waals surface area (Å²) in [6.45, 7) is 6.88. The number of carbonyl (C=O) groups is 1. The van der Waals surface area contributed by atoms with Gasteiger partial charge < -0.3 is 20.3 Å². The Kier molecular flexibility index (Phi) is 6.49. The van der Waals surface area contributed by atoms with E-state index >= 15 is 0 Å². The van der Waals surface area contributed by atoms with Gasteiger partial charge in [-0.2, -0.15) is 0 Å². The fraction of sp³-hybridized carbons (Fsp3) is 0.217. The van der Waals surface area contributed by atoms with E-state index in [1.165, 1.54) is 5.69 Å². The number of anilines is 3. The van der Waals surface area contributed by atoms with Crippen LogP contribution < -0.4 is 15.5 Å². The topological polar surface area (TPSA) is 91.7 Å². The summed E-state index contributed by atoms with van der Waals surface area (Å²) in [5.41, 5.74) is 4.31. The zero-order valence-electron chi connectivity index (χ0n) is 17.1. The van der Waals surface area contributed by atoms with Crippen LogP contribution in [-0.2, 0) is 4.74 Å². The normalized spacial score (nSPS) is 13.5. The van der Waals surface area contributed by atoms with Crippen LogP contribution in [0.3, 0.4) is 0 Å². The SMILES string of the molecule is C=NCNC(=O)c1ccc(-c2ccnc(Nc3ccc(N4CCOCC4)cc3)n2)cc1. The van der Waals surface area contributed by atoms with E-state index in [2.05, 4.69) is 49.3 Å². The molecule has 2 aromatic carbocycles. The highest BCUT2D eigenvalue weighted by Gasteiger charge is 2.11. The highest BCUT2D eigenvalue weighted by atomic mass is 16.5. The molecule has 0 radical (unpaired) electrons. The van der Waals surface area contributed by atoms with Crippen molar-refractivity contribution in [3.05, 3.63) is 66.4 Å². The number of aromatic nitrogens is 2. The van der Waals surface area contributed by atoms with Crippen molar-refractivity contribution in [2.75, 3.05) is 43.2 Å². The molecule has 2 N–H and O–H groups in total. The number of hydrogen-bond donors (Lipinski definition) is 2. The van der Waals surface area contributed by atoms with Gasteiger partial charge in [0.15, 0.2) is 0 Å². The van der Waals surface area contributed by atoms with Gasteiger partial charge in [0.1, 0.15) is 6.67 Å². The zero-order valence-corrected chi connectivity index (χ0v) is 17.1. The number of rotatable bonds is 7. The Morgan fingerprint density at radius 1 is 1.06 bits per heavy atom. The van der Waals surface area contributed by atoms with Gasteiger partial charge in [-0.05, 0) is 49.2 Å².